The highest BCUT2D eigenvalue weighted by atomic mass is 35.5. The zero-order chi connectivity index (χ0) is 14.4. The van der Waals surface area contributed by atoms with Crippen molar-refractivity contribution in [2.24, 2.45) is 5.73 Å². The minimum absolute atomic E-state index is 0.0282. The number of hydrogen-bond donors (Lipinski definition) is 1. The number of rotatable bonds is 5. The van der Waals surface area contributed by atoms with Crippen molar-refractivity contribution in [1.82, 2.24) is 0 Å². The standard InChI is InChI=1S/C17H18ClNO/c1-13(19)15-9-10-17(16(18)12-15)20-11-5-8-14-6-3-2-4-7-14/h2-10,12-13H,11,19H2,1H3/b8-5+. The molecule has 2 nitrogen and oxygen atoms in total. The molecule has 0 aromatic heterocycles. The molecule has 0 spiro atoms. The van der Waals surface area contributed by atoms with Gasteiger partial charge in [0.25, 0.3) is 0 Å². The first-order valence-electron chi connectivity index (χ1n) is 6.56. The van der Waals surface area contributed by atoms with Crippen LogP contribution in [-0.2, 0) is 0 Å². The first-order valence-corrected chi connectivity index (χ1v) is 6.94. The lowest BCUT2D eigenvalue weighted by Gasteiger charge is -2.10. The second-order valence-electron chi connectivity index (χ2n) is 4.60. The highest BCUT2D eigenvalue weighted by Gasteiger charge is 2.05. The molecule has 20 heavy (non-hydrogen) atoms. The molecule has 0 aliphatic carbocycles. The maximum absolute atomic E-state index is 6.16. The Morgan fingerprint density at radius 3 is 2.60 bits per heavy atom. The first kappa shape index (κ1) is 14.6. The summed E-state index contributed by atoms with van der Waals surface area (Å²) < 4.78 is 5.63. The van der Waals surface area contributed by atoms with E-state index in [-0.39, 0.29) is 6.04 Å². The number of hydrogen-bond acceptors (Lipinski definition) is 2. The molecule has 0 radical (unpaired) electrons. The zero-order valence-corrected chi connectivity index (χ0v) is 12.2. The van der Waals surface area contributed by atoms with Crippen LogP contribution < -0.4 is 10.5 Å². The van der Waals surface area contributed by atoms with Crippen LogP contribution in [0.15, 0.2) is 54.6 Å². The zero-order valence-electron chi connectivity index (χ0n) is 11.4. The van der Waals surface area contributed by atoms with E-state index >= 15 is 0 Å². The Labute approximate surface area is 124 Å². The Morgan fingerprint density at radius 2 is 1.95 bits per heavy atom. The summed E-state index contributed by atoms with van der Waals surface area (Å²) in [6.07, 6.45) is 3.98. The Kier molecular flexibility index (Phi) is 5.22. The molecule has 2 rings (SSSR count). The van der Waals surface area contributed by atoms with Crippen LogP contribution in [0.3, 0.4) is 0 Å². The summed E-state index contributed by atoms with van der Waals surface area (Å²) in [4.78, 5) is 0. The molecule has 2 N–H and O–H groups in total. The maximum Gasteiger partial charge on any atom is 0.138 e. The third kappa shape index (κ3) is 4.12. The van der Waals surface area contributed by atoms with Gasteiger partial charge in [0.05, 0.1) is 5.02 Å². The second kappa shape index (κ2) is 7.13. The van der Waals surface area contributed by atoms with Crippen molar-refractivity contribution < 1.29 is 4.74 Å². The summed E-state index contributed by atoms with van der Waals surface area (Å²) in [5.41, 5.74) is 7.96. The van der Waals surface area contributed by atoms with Gasteiger partial charge in [-0.1, -0.05) is 54.1 Å². The quantitative estimate of drug-likeness (QED) is 0.881. The molecule has 0 saturated carbocycles. The van der Waals surface area contributed by atoms with Crippen molar-refractivity contribution in [2.45, 2.75) is 13.0 Å². The molecule has 0 saturated heterocycles. The van der Waals surface area contributed by atoms with Crippen LogP contribution in [0.1, 0.15) is 24.1 Å². The van der Waals surface area contributed by atoms with Crippen molar-refractivity contribution in [1.29, 1.82) is 0 Å². The van der Waals surface area contributed by atoms with Crippen LogP contribution in [0.2, 0.25) is 5.02 Å². The van der Waals surface area contributed by atoms with Gasteiger partial charge in [-0.05, 0) is 36.3 Å². The number of halogens is 1. The predicted molar refractivity (Wildman–Crippen MR) is 85.0 cm³/mol. The lowest BCUT2D eigenvalue weighted by molar-refractivity contribution is 0.363. The fraction of sp³-hybridized carbons (Fsp3) is 0.176. The van der Waals surface area contributed by atoms with Gasteiger partial charge in [-0.2, -0.15) is 0 Å². The average molecular weight is 288 g/mol. The van der Waals surface area contributed by atoms with Crippen LogP contribution in [0.25, 0.3) is 6.08 Å². The van der Waals surface area contributed by atoms with Gasteiger partial charge in [-0.25, -0.2) is 0 Å². The van der Waals surface area contributed by atoms with E-state index in [0.717, 1.165) is 11.1 Å². The molecule has 0 aliphatic rings. The number of ether oxygens (including phenoxy) is 1. The van der Waals surface area contributed by atoms with Gasteiger partial charge in [0, 0.05) is 6.04 Å². The average Bonchev–Trinajstić information content (AvgIpc) is 2.46. The molecular formula is C17H18ClNO. The minimum Gasteiger partial charge on any atom is -0.488 e. The summed E-state index contributed by atoms with van der Waals surface area (Å²) in [5, 5.41) is 0.591. The van der Waals surface area contributed by atoms with E-state index in [0.29, 0.717) is 17.4 Å². The topological polar surface area (TPSA) is 35.2 Å². The molecule has 1 atom stereocenters. The van der Waals surface area contributed by atoms with Crippen molar-refractivity contribution >= 4 is 17.7 Å². The number of benzene rings is 2. The highest BCUT2D eigenvalue weighted by molar-refractivity contribution is 6.32. The van der Waals surface area contributed by atoms with Gasteiger partial charge in [-0.15, -0.1) is 0 Å². The second-order valence-corrected chi connectivity index (χ2v) is 5.01. The van der Waals surface area contributed by atoms with E-state index < -0.39 is 0 Å². The van der Waals surface area contributed by atoms with Gasteiger partial charge < -0.3 is 10.5 Å². The van der Waals surface area contributed by atoms with E-state index in [9.17, 15) is 0 Å². The third-order valence-corrected chi connectivity index (χ3v) is 3.22. The molecule has 104 valence electrons. The lowest BCUT2D eigenvalue weighted by atomic mass is 10.1. The molecule has 0 amide bonds. The predicted octanol–water partition coefficient (Wildman–Crippen LogP) is 4.45. The Bertz CT molecular complexity index is 579. The maximum atomic E-state index is 6.16. The van der Waals surface area contributed by atoms with Crippen molar-refractivity contribution in [3.05, 3.63) is 70.8 Å². The van der Waals surface area contributed by atoms with E-state index in [1.54, 1.807) is 0 Å². The van der Waals surface area contributed by atoms with E-state index in [2.05, 4.69) is 0 Å². The Hall–Kier alpha value is -1.77. The van der Waals surface area contributed by atoms with Crippen molar-refractivity contribution in [2.75, 3.05) is 6.61 Å². The van der Waals surface area contributed by atoms with Gasteiger partial charge in [0.2, 0.25) is 0 Å². The Morgan fingerprint density at radius 1 is 1.20 bits per heavy atom. The summed E-state index contributed by atoms with van der Waals surface area (Å²) in [7, 11) is 0. The minimum atomic E-state index is -0.0282. The molecule has 0 heterocycles. The third-order valence-electron chi connectivity index (χ3n) is 2.93. The SMILES string of the molecule is CC(N)c1ccc(OC/C=C/c2ccccc2)c(Cl)c1. The summed E-state index contributed by atoms with van der Waals surface area (Å²) in [6, 6.07) is 15.7. The van der Waals surface area contributed by atoms with E-state index in [1.165, 1.54) is 0 Å². The molecule has 1 unspecified atom stereocenters. The van der Waals surface area contributed by atoms with Crippen LogP contribution in [0.5, 0.6) is 5.75 Å². The fourth-order valence-electron chi connectivity index (χ4n) is 1.80. The first-order chi connectivity index (χ1) is 9.66. The molecule has 0 aliphatic heterocycles. The van der Waals surface area contributed by atoms with Crippen molar-refractivity contribution in [3.63, 3.8) is 0 Å². The molecule has 3 heteroatoms. The fourth-order valence-corrected chi connectivity index (χ4v) is 2.05. The van der Waals surface area contributed by atoms with Gasteiger partial charge in [0.15, 0.2) is 0 Å². The van der Waals surface area contributed by atoms with Crippen LogP contribution in [0, 0.1) is 0 Å². The van der Waals surface area contributed by atoms with Gasteiger partial charge in [0.1, 0.15) is 12.4 Å². The Balaban J connectivity index is 1.93. The van der Waals surface area contributed by atoms with Gasteiger partial charge in [-0.3, -0.25) is 0 Å². The summed E-state index contributed by atoms with van der Waals surface area (Å²) in [6.45, 7) is 2.40. The molecular weight excluding hydrogens is 270 g/mol. The molecule has 2 aromatic rings. The summed E-state index contributed by atoms with van der Waals surface area (Å²) >= 11 is 6.16. The lowest BCUT2D eigenvalue weighted by Crippen LogP contribution is -2.05. The van der Waals surface area contributed by atoms with E-state index in [1.807, 2.05) is 67.6 Å². The van der Waals surface area contributed by atoms with Crippen LogP contribution in [-0.4, -0.2) is 6.61 Å². The molecule has 0 fully saturated rings. The van der Waals surface area contributed by atoms with E-state index in [4.69, 9.17) is 22.1 Å². The van der Waals surface area contributed by atoms with Crippen molar-refractivity contribution in [3.8, 4) is 5.75 Å². The molecule has 2 aromatic carbocycles. The van der Waals surface area contributed by atoms with Crippen LogP contribution >= 0.6 is 11.6 Å². The van der Waals surface area contributed by atoms with Gasteiger partial charge >= 0.3 is 0 Å². The molecule has 0 bridgehead atoms. The van der Waals surface area contributed by atoms with Crippen LogP contribution in [0.4, 0.5) is 0 Å². The smallest absolute Gasteiger partial charge is 0.138 e. The number of nitrogens with two attached hydrogens (primary N) is 1. The highest BCUT2D eigenvalue weighted by Crippen LogP contribution is 2.27. The largest absolute Gasteiger partial charge is 0.488 e. The summed E-state index contributed by atoms with van der Waals surface area (Å²) in [5.74, 6) is 0.675. The monoisotopic (exact) mass is 287 g/mol. The normalized spacial score (nSPS) is 12.6.